The normalized spacial score (nSPS) is 11.8. The van der Waals surface area contributed by atoms with Gasteiger partial charge in [0.15, 0.2) is 11.5 Å². The summed E-state index contributed by atoms with van der Waals surface area (Å²) in [5.41, 5.74) is 7.94. The highest BCUT2D eigenvalue weighted by atomic mass is 31.2. The number of nitrogens with zero attached hydrogens (tertiary/aromatic N) is 3. The lowest BCUT2D eigenvalue weighted by Crippen LogP contribution is -2.18. The van der Waals surface area contributed by atoms with Gasteiger partial charge in [0.1, 0.15) is 5.52 Å². The molecule has 11 heteroatoms. The minimum atomic E-state index is -3.20. The third-order valence-electron chi connectivity index (χ3n) is 4.62. The fraction of sp³-hybridized carbons (Fsp3) is 0.421. The Bertz CT molecular complexity index is 1120. The highest BCUT2D eigenvalue weighted by Gasteiger charge is 2.22. The molecule has 2 aromatic heterocycles. The fourth-order valence-corrected chi connectivity index (χ4v) is 4.04. The van der Waals surface area contributed by atoms with Crippen molar-refractivity contribution in [3.8, 4) is 6.01 Å². The average Bonchev–Trinajstić information content (AvgIpc) is 3.04. The Kier molecular flexibility index (Phi) is 6.91. The van der Waals surface area contributed by atoms with E-state index in [1.807, 2.05) is 24.3 Å². The van der Waals surface area contributed by atoms with Crippen molar-refractivity contribution in [2.45, 2.75) is 32.5 Å². The van der Waals surface area contributed by atoms with Crippen LogP contribution >= 0.6 is 7.60 Å². The number of nitrogen functional groups attached to an aromatic ring is 1. The minimum Gasteiger partial charge on any atom is -0.463 e. The maximum atomic E-state index is 12.5. The van der Waals surface area contributed by atoms with E-state index < -0.39 is 7.60 Å². The molecule has 162 valence electrons. The van der Waals surface area contributed by atoms with Crippen molar-refractivity contribution in [1.29, 1.82) is 0 Å². The molecule has 0 amide bonds. The van der Waals surface area contributed by atoms with E-state index in [9.17, 15) is 9.36 Å². The Balaban J connectivity index is 1.92. The molecule has 0 atom stereocenters. The minimum absolute atomic E-state index is 0.126. The van der Waals surface area contributed by atoms with Gasteiger partial charge in [-0.2, -0.15) is 9.97 Å². The number of benzene rings is 1. The van der Waals surface area contributed by atoms with E-state index in [0.717, 1.165) is 24.0 Å². The fourth-order valence-electron chi connectivity index (χ4n) is 2.99. The molecule has 3 aromatic rings. The van der Waals surface area contributed by atoms with Crippen LogP contribution in [0.25, 0.3) is 11.2 Å². The zero-order valence-electron chi connectivity index (χ0n) is 17.3. The summed E-state index contributed by atoms with van der Waals surface area (Å²) in [6.07, 6.45) is 1.96. The van der Waals surface area contributed by atoms with Crippen molar-refractivity contribution in [1.82, 2.24) is 19.5 Å². The molecule has 1 aromatic carbocycles. The number of ether oxygens (including phenoxy) is 1. The van der Waals surface area contributed by atoms with Gasteiger partial charge in [0.05, 0.1) is 19.3 Å². The van der Waals surface area contributed by atoms with E-state index in [2.05, 4.69) is 21.9 Å². The number of H-pyrrole nitrogens is 1. The molecule has 3 N–H and O–H groups in total. The third-order valence-corrected chi connectivity index (χ3v) is 6.49. The first-order chi connectivity index (χ1) is 14.4. The van der Waals surface area contributed by atoms with Crippen LogP contribution in [0, 0.1) is 0 Å². The molecule has 0 bridgehead atoms. The number of nitrogens with two attached hydrogens (primary N) is 1. The molecule has 0 spiro atoms. The van der Waals surface area contributed by atoms with Gasteiger partial charge in [0.25, 0.3) is 0 Å². The van der Waals surface area contributed by atoms with Crippen molar-refractivity contribution in [3.63, 3.8) is 0 Å². The molecule has 0 fully saturated rings. The number of hydrogen-bond donors (Lipinski definition) is 2. The van der Waals surface area contributed by atoms with Gasteiger partial charge in [-0.05, 0) is 17.5 Å². The van der Waals surface area contributed by atoms with Crippen LogP contribution in [0.3, 0.4) is 0 Å². The summed E-state index contributed by atoms with van der Waals surface area (Å²) in [7, 11) is -0.495. The van der Waals surface area contributed by atoms with Crippen LogP contribution < -0.4 is 16.2 Å². The number of anilines is 1. The lowest BCUT2D eigenvalue weighted by molar-refractivity contribution is 0.275. The first-order valence-corrected chi connectivity index (χ1v) is 11.3. The molecule has 0 unspecified atom stereocenters. The van der Waals surface area contributed by atoms with Crippen molar-refractivity contribution < 1.29 is 18.3 Å². The van der Waals surface area contributed by atoms with Crippen LogP contribution in [-0.2, 0) is 26.3 Å². The summed E-state index contributed by atoms with van der Waals surface area (Å²) in [6.45, 7) is 2.76. The first kappa shape index (κ1) is 22.0. The maximum Gasteiger partial charge on any atom is 0.334 e. The van der Waals surface area contributed by atoms with Crippen LogP contribution in [0.5, 0.6) is 6.01 Å². The van der Waals surface area contributed by atoms with Crippen molar-refractivity contribution in [2.24, 2.45) is 0 Å². The van der Waals surface area contributed by atoms with Gasteiger partial charge in [0, 0.05) is 14.2 Å². The Hall–Kier alpha value is -2.68. The number of hydrogen-bond acceptors (Lipinski definition) is 8. The highest BCUT2D eigenvalue weighted by molar-refractivity contribution is 7.52. The van der Waals surface area contributed by atoms with E-state index >= 15 is 0 Å². The lowest BCUT2D eigenvalue weighted by Gasteiger charge is -2.14. The number of aromatic amines is 1. The SMILES string of the molecule is CCCCOc1nc(N)c2[nH]c(=O)n(Cc3cccc(CP(=O)(OC)OC)c3)c2n1. The van der Waals surface area contributed by atoms with Crippen LogP contribution in [0.1, 0.15) is 30.9 Å². The molecular formula is C19H26N5O5P. The monoisotopic (exact) mass is 435 g/mol. The highest BCUT2D eigenvalue weighted by Crippen LogP contribution is 2.49. The van der Waals surface area contributed by atoms with E-state index in [4.69, 9.17) is 19.5 Å². The molecule has 0 radical (unpaired) electrons. The zero-order valence-corrected chi connectivity index (χ0v) is 18.1. The predicted molar refractivity (Wildman–Crippen MR) is 114 cm³/mol. The summed E-state index contributed by atoms with van der Waals surface area (Å²) in [4.78, 5) is 23.7. The number of fused-ring (bicyclic) bond motifs is 1. The molecule has 0 saturated carbocycles. The number of unbranched alkanes of at least 4 members (excludes halogenated alkanes) is 1. The lowest BCUT2D eigenvalue weighted by atomic mass is 10.1. The molecule has 2 heterocycles. The Morgan fingerprint density at radius 3 is 2.63 bits per heavy atom. The largest absolute Gasteiger partial charge is 0.463 e. The molecule has 10 nitrogen and oxygen atoms in total. The topological polar surface area (TPSA) is 134 Å². The molecular weight excluding hydrogens is 409 g/mol. The van der Waals surface area contributed by atoms with Gasteiger partial charge in [-0.1, -0.05) is 37.6 Å². The van der Waals surface area contributed by atoms with Gasteiger partial charge >= 0.3 is 19.3 Å². The summed E-state index contributed by atoms with van der Waals surface area (Å²) >= 11 is 0. The van der Waals surface area contributed by atoms with E-state index in [-0.39, 0.29) is 30.2 Å². The first-order valence-electron chi connectivity index (χ1n) is 9.56. The number of imidazole rings is 1. The molecule has 0 aliphatic heterocycles. The summed E-state index contributed by atoms with van der Waals surface area (Å²) < 4.78 is 29.4. The van der Waals surface area contributed by atoms with Gasteiger partial charge in [0.2, 0.25) is 0 Å². The summed E-state index contributed by atoms with van der Waals surface area (Å²) in [6, 6.07) is 7.49. The van der Waals surface area contributed by atoms with Gasteiger partial charge < -0.3 is 24.5 Å². The average molecular weight is 435 g/mol. The van der Waals surface area contributed by atoms with Crippen LogP contribution in [0.4, 0.5) is 5.82 Å². The quantitative estimate of drug-likeness (QED) is 0.367. The van der Waals surface area contributed by atoms with Gasteiger partial charge in [-0.3, -0.25) is 9.13 Å². The summed E-state index contributed by atoms with van der Waals surface area (Å²) in [5, 5.41) is 0. The Morgan fingerprint density at radius 2 is 1.93 bits per heavy atom. The maximum absolute atomic E-state index is 12.5. The third kappa shape index (κ3) is 4.89. The predicted octanol–water partition coefficient (Wildman–Crippen LogP) is 2.91. The number of nitrogens with one attached hydrogen (secondary N) is 1. The van der Waals surface area contributed by atoms with Crippen molar-refractivity contribution >= 4 is 24.6 Å². The van der Waals surface area contributed by atoms with E-state index in [1.54, 1.807) is 0 Å². The second-order valence-electron chi connectivity index (χ2n) is 6.76. The second-order valence-corrected chi connectivity index (χ2v) is 9.03. The van der Waals surface area contributed by atoms with Crippen LogP contribution in [0.2, 0.25) is 0 Å². The molecule has 3 rings (SSSR count). The molecule has 0 saturated heterocycles. The number of aromatic nitrogens is 4. The standard InChI is InChI=1S/C19H26N5O5P/c1-4-5-9-29-18-22-16(20)15-17(23-18)24(19(25)21-15)11-13-7-6-8-14(10-13)12-30(26,27-2)28-3/h6-8,10H,4-5,9,11-12H2,1-3H3,(H,21,25)(H2,20,22,23). The van der Waals surface area contributed by atoms with E-state index in [1.165, 1.54) is 18.8 Å². The molecule has 0 aliphatic rings. The van der Waals surface area contributed by atoms with Crippen molar-refractivity contribution in [3.05, 3.63) is 45.9 Å². The Labute approximate surface area is 173 Å². The van der Waals surface area contributed by atoms with Crippen LogP contribution in [-0.4, -0.2) is 40.3 Å². The second kappa shape index (κ2) is 9.42. The van der Waals surface area contributed by atoms with Crippen molar-refractivity contribution in [2.75, 3.05) is 26.6 Å². The molecule has 0 aliphatic carbocycles. The summed E-state index contributed by atoms with van der Waals surface area (Å²) in [5.74, 6) is 0.150. The van der Waals surface area contributed by atoms with Gasteiger partial charge in [-0.15, -0.1) is 0 Å². The van der Waals surface area contributed by atoms with Crippen LogP contribution in [0.15, 0.2) is 29.1 Å². The Morgan fingerprint density at radius 1 is 1.20 bits per heavy atom. The number of rotatable bonds is 10. The van der Waals surface area contributed by atoms with E-state index in [0.29, 0.717) is 17.8 Å². The smallest absolute Gasteiger partial charge is 0.334 e. The zero-order chi connectivity index (χ0) is 21.7. The van der Waals surface area contributed by atoms with Gasteiger partial charge in [-0.25, -0.2) is 4.79 Å². The molecule has 30 heavy (non-hydrogen) atoms.